The Bertz CT molecular complexity index is 453. The largest absolute Gasteiger partial charge is 0.485 e. The van der Waals surface area contributed by atoms with E-state index in [1.54, 1.807) is 12.1 Å². The van der Waals surface area contributed by atoms with Gasteiger partial charge < -0.3 is 14.8 Å². The standard InChI is InChI=1S/C12H12N2O3/c13-6-3-7-14-12(15)11-8-16-9-4-1-2-5-10(9)17-11/h1-2,4-5,11H,3,7-8H2,(H,14,15). The van der Waals surface area contributed by atoms with Crippen molar-refractivity contribution in [2.75, 3.05) is 13.2 Å². The smallest absolute Gasteiger partial charge is 0.264 e. The Morgan fingerprint density at radius 2 is 2.24 bits per heavy atom. The molecule has 1 aromatic carbocycles. The summed E-state index contributed by atoms with van der Waals surface area (Å²) in [4.78, 5) is 11.7. The normalized spacial score (nSPS) is 17.0. The molecule has 1 aliphatic rings. The van der Waals surface area contributed by atoms with Crippen molar-refractivity contribution in [1.82, 2.24) is 5.32 Å². The Morgan fingerprint density at radius 3 is 3.00 bits per heavy atom. The maximum absolute atomic E-state index is 11.7. The van der Waals surface area contributed by atoms with Crippen molar-refractivity contribution in [3.8, 4) is 17.6 Å². The summed E-state index contributed by atoms with van der Waals surface area (Å²) in [7, 11) is 0. The van der Waals surface area contributed by atoms with E-state index in [4.69, 9.17) is 14.7 Å². The first kappa shape index (κ1) is 11.3. The number of ether oxygens (including phenoxy) is 2. The van der Waals surface area contributed by atoms with Crippen molar-refractivity contribution in [3.63, 3.8) is 0 Å². The number of carbonyl (C=O) groups excluding carboxylic acids is 1. The quantitative estimate of drug-likeness (QED) is 0.784. The number of hydrogen-bond donors (Lipinski definition) is 1. The van der Waals surface area contributed by atoms with E-state index >= 15 is 0 Å². The summed E-state index contributed by atoms with van der Waals surface area (Å²) in [5.74, 6) is 0.961. The second kappa shape index (κ2) is 5.21. The van der Waals surface area contributed by atoms with Crippen LogP contribution < -0.4 is 14.8 Å². The average molecular weight is 232 g/mol. The van der Waals surface area contributed by atoms with Gasteiger partial charge in [0.2, 0.25) is 6.10 Å². The molecule has 0 fully saturated rings. The lowest BCUT2D eigenvalue weighted by Crippen LogP contribution is -2.44. The van der Waals surface area contributed by atoms with Crippen LogP contribution in [0.15, 0.2) is 24.3 Å². The summed E-state index contributed by atoms with van der Waals surface area (Å²) in [6.07, 6.45) is -0.362. The van der Waals surface area contributed by atoms with Crippen LogP contribution in [-0.2, 0) is 4.79 Å². The molecule has 1 aromatic rings. The molecule has 1 amide bonds. The van der Waals surface area contributed by atoms with E-state index in [0.717, 1.165) is 0 Å². The monoisotopic (exact) mass is 232 g/mol. The molecule has 0 aliphatic carbocycles. The van der Waals surface area contributed by atoms with Gasteiger partial charge in [-0.3, -0.25) is 4.79 Å². The van der Waals surface area contributed by atoms with Gasteiger partial charge >= 0.3 is 0 Å². The Hall–Kier alpha value is -2.22. The fraction of sp³-hybridized carbons (Fsp3) is 0.333. The Labute approximate surface area is 98.9 Å². The topological polar surface area (TPSA) is 71.4 Å². The fourth-order valence-corrected chi connectivity index (χ4v) is 1.50. The van der Waals surface area contributed by atoms with Crippen LogP contribution in [0.1, 0.15) is 6.42 Å². The molecule has 2 rings (SSSR count). The number of carbonyl (C=O) groups is 1. The highest BCUT2D eigenvalue weighted by Crippen LogP contribution is 2.30. The number of amides is 1. The molecule has 88 valence electrons. The van der Waals surface area contributed by atoms with Gasteiger partial charge in [0.15, 0.2) is 11.5 Å². The summed E-state index contributed by atoms with van der Waals surface area (Å²) in [5, 5.41) is 11.0. The second-order valence-corrected chi connectivity index (χ2v) is 3.56. The van der Waals surface area contributed by atoms with E-state index in [1.807, 2.05) is 18.2 Å². The van der Waals surface area contributed by atoms with Crippen LogP contribution in [0.4, 0.5) is 0 Å². The average Bonchev–Trinajstić information content (AvgIpc) is 2.38. The molecular formula is C12H12N2O3. The first-order valence-electron chi connectivity index (χ1n) is 5.34. The molecule has 1 heterocycles. The van der Waals surface area contributed by atoms with Crippen molar-refractivity contribution >= 4 is 5.91 Å². The number of benzene rings is 1. The number of nitrogens with one attached hydrogen (secondary N) is 1. The van der Waals surface area contributed by atoms with Crippen LogP contribution in [0, 0.1) is 11.3 Å². The first-order valence-corrected chi connectivity index (χ1v) is 5.34. The molecular weight excluding hydrogens is 220 g/mol. The van der Waals surface area contributed by atoms with E-state index in [2.05, 4.69) is 5.32 Å². The molecule has 5 heteroatoms. The molecule has 0 radical (unpaired) electrons. The lowest BCUT2D eigenvalue weighted by atomic mass is 10.2. The van der Waals surface area contributed by atoms with E-state index in [1.165, 1.54) is 0 Å². The predicted molar refractivity (Wildman–Crippen MR) is 59.6 cm³/mol. The summed E-state index contributed by atoms with van der Waals surface area (Å²) < 4.78 is 10.9. The molecule has 1 unspecified atom stereocenters. The molecule has 5 nitrogen and oxygen atoms in total. The zero-order valence-corrected chi connectivity index (χ0v) is 9.18. The summed E-state index contributed by atoms with van der Waals surface area (Å²) >= 11 is 0. The van der Waals surface area contributed by atoms with Crippen LogP contribution in [0.3, 0.4) is 0 Å². The maximum Gasteiger partial charge on any atom is 0.264 e. The first-order chi connectivity index (χ1) is 8.31. The SMILES string of the molecule is N#CCCNC(=O)C1COc2ccccc2O1. The zero-order valence-electron chi connectivity index (χ0n) is 9.18. The summed E-state index contributed by atoms with van der Waals surface area (Å²) in [6, 6.07) is 9.16. The van der Waals surface area contributed by atoms with Crippen LogP contribution in [-0.4, -0.2) is 25.2 Å². The molecule has 17 heavy (non-hydrogen) atoms. The lowest BCUT2D eigenvalue weighted by molar-refractivity contribution is -0.130. The van der Waals surface area contributed by atoms with Crippen molar-refractivity contribution in [1.29, 1.82) is 5.26 Å². The molecule has 0 spiro atoms. The summed E-state index contributed by atoms with van der Waals surface area (Å²) in [5.41, 5.74) is 0. The number of hydrogen-bond acceptors (Lipinski definition) is 4. The Kier molecular flexibility index (Phi) is 3.46. The second-order valence-electron chi connectivity index (χ2n) is 3.56. The Morgan fingerprint density at radius 1 is 1.47 bits per heavy atom. The van der Waals surface area contributed by atoms with Gasteiger partial charge in [0.1, 0.15) is 6.61 Å². The van der Waals surface area contributed by atoms with E-state index in [-0.39, 0.29) is 18.9 Å². The molecule has 0 aromatic heterocycles. The van der Waals surface area contributed by atoms with E-state index in [0.29, 0.717) is 18.0 Å². The van der Waals surface area contributed by atoms with Gasteiger partial charge in [0.05, 0.1) is 12.5 Å². The van der Waals surface area contributed by atoms with Crippen LogP contribution in [0.25, 0.3) is 0 Å². The Balaban J connectivity index is 1.93. The minimum atomic E-state index is -0.649. The highest BCUT2D eigenvalue weighted by Gasteiger charge is 2.26. The van der Waals surface area contributed by atoms with E-state index < -0.39 is 6.10 Å². The number of para-hydroxylation sites is 2. The number of fused-ring (bicyclic) bond motifs is 1. The summed E-state index contributed by atoms with van der Waals surface area (Å²) in [6.45, 7) is 0.520. The van der Waals surface area contributed by atoms with Gasteiger partial charge in [-0.1, -0.05) is 12.1 Å². The van der Waals surface area contributed by atoms with Crippen LogP contribution in [0.2, 0.25) is 0 Å². The van der Waals surface area contributed by atoms with Gasteiger partial charge in [0.25, 0.3) is 5.91 Å². The maximum atomic E-state index is 11.7. The lowest BCUT2D eigenvalue weighted by Gasteiger charge is -2.25. The van der Waals surface area contributed by atoms with Gasteiger partial charge in [-0.15, -0.1) is 0 Å². The van der Waals surface area contributed by atoms with Gasteiger partial charge in [-0.2, -0.15) is 5.26 Å². The zero-order chi connectivity index (χ0) is 12.1. The van der Waals surface area contributed by atoms with Crippen LogP contribution in [0.5, 0.6) is 11.5 Å². The van der Waals surface area contributed by atoms with Gasteiger partial charge in [-0.25, -0.2) is 0 Å². The predicted octanol–water partition coefficient (Wildman–Crippen LogP) is 0.856. The van der Waals surface area contributed by atoms with Crippen LogP contribution >= 0.6 is 0 Å². The van der Waals surface area contributed by atoms with Crippen molar-refractivity contribution < 1.29 is 14.3 Å². The highest BCUT2D eigenvalue weighted by atomic mass is 16.6. The molecule has 1 atom stereocenters. The minimum Gasteiger partial charge on any atom is -0.485 e. The van der Waals surface area contributed by atoms with Crippen molar-refractivity contribution in [2.45, 2.75) is 12.5 Å². The van der Waals surface area contributed by atoms with Gasteiger partial charge in [-0.05, 0) is 12.1 Å². The molecule has 1 aliphatic heterocycles. The van der Waals surface area contributed by atoms with E-state index in [9.17, 15) is 4.79 Å². The third kappa shape index (κ3) is 2.67. The minimum absolute atomic E-state index is 0.190. The molecule has 0 saturated heterocycles. The number of nitriles is 1. The third-order valence-corrected chi connectivity index (χ3v) is 2.34. The highest BCUT2D eigenvalue weighted by molar-refractivity contribution is 5.81. The molecule has 0 bridgehead atoms. The number of nitrogens with zero attached hydrogens (tertiary/aromatic N) is 1. The number of rotatable bonds is 3. The van der Waals surface area contributed by atoms with Gasteiger partial charge in [0, 0.05) is 6.54 Å². The van der Waals surface area contributed by atoms with Crippen molar-refractivity contribution in [3.05, 3.63) is 24.3 Å². The fourth-order valence-electron chi connectivity index (χ4n) is 1.50. The molecule has 0 saturated carbocycles. The van der Waals surface area contributed by atoms with Crippen molar-refractivity contribution in [2.24, 2.45) is 0 Å². The third-order valence-electron chi connectivity index (χ3n) is 2.34. The molecule has 1 N–H and O–H groups in total.